The zero-order valence-electron chi connectivity index (χ0n) is 14.7. The van der Waals surface area contributed by atoms with Gasteiger partial charge in [-0.05, 0) is 48.7 Å². The SMILES string of the molecule is CCCCCCc1ccc(NC(=O)Nc2cccc(C(F)(F)F)c2)cc1. The molecule has 2 rings (SSSR count). The number of hydrogen-bond acceptors (Lipinski definition) is 1. The van der Waals surface area contributed by atoms with Crippen LogP contribution in [0.1, 0.15) is 43.7 Å². The number of aryl methyl sites for hydroxylation is 1. The quantitative estimate of drug-likeness (QED) is 0.543. The van der Waals surface area contributed by atoms with E-state index in [1.54, 1.807) is 12.1 Å². The molecule has 6 heteroatoms. The highest BCUT2D eigenvalue weighted by molar-refractivity contribution is 5.99. The number of carbonyl (C=O) groups excluding carboxylic acids is 1. The van der Waals surface area contributed by atoms with Crippen molar-refractivity contribution in [3.63, 3.8) is 0 Å². The summed E-state index contributed by atoms with van der Waals surface area (Å²) in [6.45, 7) is 2.17. The summed E-state index contributed by atoms with van der Waals surface area (Å²) in [5, 5.41) is 5.04. The number of benzene rings is 2. The van der Waals surface area contributed by atoms with Gasteiger partial charge in [0.25, 0.3) is 0 Å². The first-order valence-corrected chi connectivity index (χ1v) is 8.72. The van der Waals surface area contributed by atoms with Gasteiger partial charge in [0.05, 0.1) is 5.56 Å². The fourth-order valence-electron chi connectivity index (χ4n) is 2.58. The van der Waals surface area contributed by atoms with E-state index in [4.69, 9.17) is 0 Å². The van der Waals surface area contributed by atoms with Crippen molar-refractivity contribution in [3.8, 4) is 0 Å². The summed E-state index contributed by atoms with van der Waals surface area (Å²) in [5.74, 6) is 0. The summed E-state index contributed by atoms with van der Waals surface area (Å²) < 4.78 is 38.1. The van der Waals surface area contributed by atoms with Gasteiger partial charge in [0, 0.05) is 11.4 Å². The number of halogens is 3. The van der Waals surface area contributed by atoms with Crippen molar-refractivity contribution in [2.45, 2.75) is 45.2 Å². The fourth-order valence-corrected chi connectivity index (χ4v) is 2.58. The maximum absolute atomic E-state index is 12.7. The summed E-state index contributed by atoms with van der Waals surface area (Å²) in [6.07, 6.45) is 1.32. The van der Waals surface area contributed by atoms with Gasteiger partial charge in [-0.15, -0.1) is 0 Å². The number of rotatable bonds is 7. The molecule has 0 atom stereocenters. The fraction of sp³-hybridized carbons (Fsp3) is 0.350. The standard InChI is InChI=1S/C20H23F3N2O/c1-2-3-4-5-7-15-10-12-17(13-11-15)24-19(26)25-18-9-6-8-16(14-18)20(21,22)23/h6,8-14H,2-5,7H2,1H3,(H2,24,25,26). The van der Waals surface area contributed by atoms with Crippen molar-refractivity contribution in [2.75, 3.05) is 10.6 Å². The molecular weight excluding hydrogens is 341 g/mol. The minimum absolute atomic E-state index is 0.0878. The number of nitrogens with one attached hydrogen (secondary N) is 2. The van der Waals surface area contributed by atoms with E-state index in [1.165, 1.54) is 37.0 Å². The van der Waals surface area contributed by atoms with Crippen LogP contribution >= 0.6 is 0 Å². The molecule has 140 valence electrons. The van der Waals surface area contributed by atoms with Crippen LogP contribution in [0.25, 0.3) is 0 Å². The Hall–Kier alpha value is -2.50. The average Bonchev–Trinajstić information content (AvgIpc) is 2.59. The second kappa shape index (κ2) is 9.27. The molecule has 2 N–H and O–H groups in total. The Morgan fingerprint density at radius 1 is 0.923 bits per heavy atom. The Morgan fingerprint density at radius 2 is 1.62 bits per heavy atom. The van der Waals surface area contributed by atoms with Crippen LogP contribution in [-0.4, -0.2) is 6.03 Å². The van der Waals surface area contributed by atoms with E-state index in [9.17, 15) is 18.0 Å². The highest BCUT2D eigenvalue weighted by Gasteiger charge is 2.30. The zero-order valence-corrected chi connectivity index (χ0v) is 14.7. The second-order valence-electron chi connectivity index (χ2n) is 6.17. The van der Waals surface area contributed by atoms with Crippen molar-refractivity contribution in [1.29, 1.82) is 0 Å². The van der Waals surface area contributed by atoms with Gasteiger partial charge >= 0.3 is 12.2 Å². The number of unbranched alkanes of at least 4 members (excludes halogenated alkanes) is 3. The Morgan fingerprint density at radius 3 is 2.27 bits per heavy atom. The lowest BCUT2D eigenvalue weighted by atomic mass is 10.1. The molecule has 0 saturated carbocycles. The van der Waals surface area contributed by atoms with Crippen molar-refractivity contribution >= 4 is 17.4 Å². The normalized spacial score (nSPS) is 11.2. The van der Waals surface area contributed by atoms with Crippen LogP contribution in [0.15, 0.2) is 48.5 Å². The molecule has 0 heterocycles. The van der Waals surface area contributed by atoms with E-state index in [0.717, 1.165) is 25.0 Å². The summed E-state index contributed by atoms with van der Waals surface area (Å²) in [7, 11) is 0. The number of hydrogen-bond donors (Lipinski definition) is 2. The molecule has 26 heavy (non-hydrogen) atoms. The second-order valence-corrected chi connectivity index (χ2v) is 6.17. The van der Waals surface area contributed by atoms with Crippen LogP contribution in [0.5, 0.6) is 0 Å². The van der Waals surface area contributed by atoms with Crippen LogP contribution in [0, 0.1) is 0 Å². The lowest BCUT2D eigenvalue weighted by Gasteiger charge is -2.11. The van der Waals surface area contributed by atoms with Crippen molar-refractivity contribution < 1.29 is 18.0 Å². The lowest BCUT2D eigenvalue weighted by Crippen LogP contribution is -2.19. The van der Waals surface area contributed by atoms with Crippen LogP contribution in [0.4, 0.5) is 29.3 Å². The number of carbonyl (C=O) groups is 1. The van der Waals surface area contributed by atoms with Gasteiger partial charge in [-0.25, -0.2) is 4.79 Å². The molecule has 0 fully saturated rings. The van der Waals surface area contributed by atoms with E-state index in [2.05, 4.69) is 17.6 Å². The minimum atomic E-state index is -4.44. The Balaban J connectivity index is 1.88. The van der Waals surface area contributed by atoms with Gasteiger partial charge in [-0.1, -0.05) is 44.4 Å². The molecule has 0 aliphatic carbocycles. The van der Waals surface area contributed by atoms with E-state index in [-0.39, 0.29) is 5.69 Å². The van der Waals surface area contributed by atoms with E-state index in [1.807, 2.05) is 12.1 Å². The van der Waals surface area contributed by atoms with Crippen molar-refractivity contribution in [1.82, 2.24) is 0 Å². The van der Waals surface area contributed by atoms with E-state index >= 15 is 0 Å². The molecule has 0 aliphatic rings. The molecule has 2 aromatic carbocycles. The molecule has 3 nitrogen and oxygen atoms in total. The Labute approximate surface area is 151 Å². The first-order valence-electron chi connectivity index (χ1n) is 8.72. The molecule has 2 amide bonds. The molecule has 0 radical (unpaired) electrons. The summed E-state index contributed by atoms with van der Waals surface area (Å²) in [4.78, 5) is 12.0. The lowest BCUT2D eigenvalue weighted by molar-refractivity contribution is -0.137. The minimum Gasteiger partial charge on any atom is -0.308 e. The first kappa shape index (κ1) is 19.8. The Kier molecular flexibility index (Phi) is 7.06. The summed E-state index contributed by atoms with van der Waals surface area (Å²) in [5.41, 5.74) is 1.07. The third-order valence-electron chi connectivity index (χ3n) is 3.98. The highest BCUT2D eigenvalue weighted by Crippen LogP contribution is 2.30. The molecule has 2 aromatic rings. The number of amides is 2. The number of alkyl halides is 3. The molecule has 0 aromatic heterocycles. The van der Waals surface area contributed by atoms with Gasteiger partial charge in [-0.3, -0.25) is 0 Å². The smallest absolute Gasteiger partial charge is 0.308 e. The maximum Gasteiger partial charge on any atom is 0.416 e. The van der Waals surface area contributed by atoms with Crippen LogP contribution in [-0.2, 0) is 12.6 Å². The van der Waals surface area contributed by atoms with Crippen molar-refractivity contribution in [2.24, 2.45) is 0 Å². The molecule has 0 bridgehead atoms. The highest BCUT2D eigenvalue weighted by atomic mass is 19.4. The first-order chi connectivity index (χ1) is 12.4. The predicted octanol–water partition coefficient (Wildman–Crippen LogP) is 6.47. The van der Waals surface area contributed by atoms with Crippen molar-refractivity contribution in [3.05, 3.63) is 59.7 Å². The summed E-state index contributed by atoms with van der Waals surface area (Å²) >= 11 is 0. The third-order valence-corrected chi connectivity index (χ3v) is 3.98. The average molecular weight is 364 g/mol. The third kappa shape index (κ3) is 6.43. The summed E-state index contributed by atoms with van der Waals surface area (Å²) in [6, 6.07) is 11.4. The molecule has 0 unspecified atom stereocenters. The van der Waals surface area contributed by atoms with E-state index in [0.29, 0.717) is 5.69 Å². The van der Waals surface area contributed by atoms with Gasteiger partial charge < -0.3 is 10.6 Å². The topological polar surface area (TPSA) is 41.1 Å². The monoisotopic (exact) mass is 364 g/mol. The molecule has 0 aliphatic heterocycles. The van der Waals surface area contributed by atoms with Crippen LogP contribution in [0.3, 0.4) is 0 Å². The molecule has 0 spiro atoms. The van der Waals surface area contributed by atoms with Gasteiger partial charge in [0.2, 0.25) is 0 Å². The van der Waals surface area contributed by atoms with Crippen LogP contribution < -0.4 is 10.6 Å². The number of urea groups is 1. The molecular formula is C20H23F3N2O. The largest absolute Gasteiger partial charge is 0.416 e. The Bertz CT molecular complexity index is 712. The van der Waals surface area contributed by atoms with Gasteiger partial charge in [0.1, 0.15) is 0 Å². The molecule has 0 saturated heterocycles. The van der Waals surface area contributed by atoms with Gasteiger partial charge in [-0.2, -0.15) is 13.2 Å². The van der Waals surface area contributed by atoms with Gasteiger partial charge in [0.15, 0.2) is 0 Å². The van der Waals surface area contributed by atoms with Crippen LogP contribution in [0.2, 0.25) is 0 Å². The maximum atomic E-state index is 12.7. The zero-order chi connectivity index (χ0) is 19.0. The predicted molar refractivity (Wildman–Crippen MR) is 98.4 cm³/mol. The number of anilines is 2. The van der Waals surface area contributed by atoms with E-state index < -0.39 is 17.8 Å².